The number of pyridine rings is 1. The van der Waals surface area contributed by atoms with Crippen LogP contribution in [0.25, 0.3) is 27.5 Å². The molecular weight excluding hydrogens is 372 g/mol. The molecule has 0 N–H and O–H groups in total. The molecular formula is C22H21BrN2. The van der Waals surface area contributed by atoms with Gasteiger partial charge in [-0.3, -0.25) is 4.40 Å². The van der Waals surface area contributed by atoms with Crippen molar-refractivity contribution in [1.82, 2.24) is 9.38 Å². The minimum Gasteiger partial charge on any atom is -0.298 e. The van der Waals surface area contributed by atoms with E-state index in [1.165, 1.54) is 27.6 Å². The van der Waals surface area contributed by atoms with Gasteiger partial charge in [0.2, 0.25) is 0 Å². The predicted molar refractivity (Wildman–Crippen MR) is 109 cm³/mol. The Labute approximate surface area is 156 Å². The summed E-state index contributed by atoms with van der Waals surface area (Å²) in [5.74, 6) is 0. The maximum atomic E-state index is 4.83. The molecule has 126 valence electrons. The number of imidazole rings is 1. The zero-order valence-electron chi connectivity index (χ0n) is 15.0. The van der Waals surface area contributed by atoms with Gasteiger partial charge in [0.1, 0.15) is 10.3 Å². The van der Waals surface area contributed by atoms with Gasteiger partial charge < -0.3 is 0 Å². The third kappa shape index (κ3) is 2.49. The molecule has 0 amide bonds. The van der Waals surface area contributed by atoms with E-state index >= 15 is 0 Å². The number of aromatic nitrogens is 2. The second-order valence-corrected chi connectivity index (χ2v) is 8.28. The topological polar surface area (TPSA) is 17.3 Å². The highest BCUT2D eigenvalue weighted by atomic mass is 79.9. The molecule has 25 heavy (non-hydrogen) atoms. The molecule has 0 bridgehead atoms. The Hall–Kier alpha value is -2.13. The van der Waals surface area contributed by atoms with Crippen LogP contribution in [0, 0.1) is 6.92 Å². The van der Waals surface area contributed by atoms with Gasteiger partial charge in [-0.2, -0.15) is 0 Å². The average molecular weight is 393 g/mol. The molecule has 0 unspecified atom stereocenters. The van der Waals surface area contributed by atoms with Crippen molar-refractivity contribution in [2.24, 2.45) is 0 Å². The average Bonchev–Trinajstić information content (AvgIpc) is 2.89. The minimum atomic E-state index is -0.0294. The van der Waals surface area contributed by atoms with Crippen LogP contribution in [0.3, 0.4) is 0 Å². The molecule has 0 aliphatic rings. The Morgan fingerprint density at radius 3 is 2.12 bits per heavy atom. The minimum absolute atomic E-state index is 0.0294. The van der Waals surface area contributed by atoms with Crippen LogP contribution >= 0.6 is 15.9 Å². The lowest BCUT2D eigenvalue weighted by atomic mass is 9.83. The molecule has 0 radical (unpaired) electrons. The number of aryl methyl sites for hydroxylation is 1. The summed E-state index contributed by atoms with van der Waals surface area (Å²) in [7, 11) is 0. The van der Waals surface area contributed by atoms with E-state index in [2.05, 4.69) is 103 Å². The van der Waals surface area contributed by atoms with Gasteiger partial charge in [0.25, 0.3) is 0 Å². The van der Waals surface area contributed by atoms with Crippen molar-refractivity contribution < 1.29 is 0 Å². The lowest BCUT2D eigenvalue weighted by Gasteiger charge is -2.27. The third-order valence-corrected chi connectivity index (χ3v) is 5.47. The number of hydrogen-bond donors (Lipinski definition) is 0. The molecule has 2 heterocycles. The van der Waals surface area contributed by atoms with Crippen molar-refractivity contribution in [3.05, 3.63) is 70.6 Å². The van der Waals surface area contributed by atoms with Crippen molar-refractivity contribution in [3.63, 3.8) is 0 Å². The lowest BCUT2D eigenvalue weighted by molar-refractivity contribution is 0.562. The Balaban J connectivity index is 2.34. The van der Waals surface area contributed by atoms with Crippen LogP contribution in [0.2, 0.25) is 0 Å². The fourth-order valence-electron chi connectivity index (χ4n) is 3.67. The molecule has 4 aromatic rings. The lowest BCUT2D eigenvalue weighted by Crippen LogP contribution is -2.19. The molecule has 0 fully saturated rings. The monoisotopic (exact) mass is 392 g/mol. The highest BCUT2D eigenvalue weighted by molar-refractivity contribution is 9.10. The number of hydrogen-bond acceptors (Lipinski definition) is 1. The Morgan fingerprint density at radius 1 is 0.880 bits per heavy atom. The second-order valence-electron chi connectivity index (χ2n) is 7.53. The zero-order chi connectivity index (χ0) is 17.8. The first-order valence-corrected chi connectivity index (χ1v) is 9.34. The summed E-state index contributed by atoms with van der Waals surface area (Å²) in [6.07, 6.45) is 0. The number of nitrogens with zero attached hydrogens (tertiary/aromatic N) is 2. The molecule has 0 saturated heterocycles. The molecule has 2 aromatic carbocycles. The van der Waals surface area contributed by atoms with E-state index in [1.807, 2.05) is 0 Å². The summed E-state index contributed by atoms with van der Waals surface area (Å²) in [6.45, 7) is 8.95. The first kappa shape index (κ1) is 16.3. The van der Waals surface area contributed by atoms with Gasteiger partial charge in [0.15, 0.2) is 0 Å². The van der Waals surface area contributed by atoms with Crippen LogP contribution in [-0.2, 0) is 5.41 Å². The fourth-order valence-corrected chi connectivity index (χ4v) is 4.02. The summed E-state index contributed by atoms with van der Waals surface area (Å²) < 4.78 is 3.24. The van der Waals surface area contributed by atoms with E-state index < -0.39 is 0 Å². The van der Waals surface area contributed by atoms with E-state index in [1.54, 1.807) is 0 Å². The van der Waals surface area contributed by atoms with E-state index in [0.717, 1.165) is 15.9 Å². The summed E-state index contributed by atoms with van der Waals surface area (Å²) in [4.78, 5) is 4.83. The first-order chi connectivity index (χ1) is 11.9. The van der Waals surface area contributed by atoms with Crippen molar-refractivity contribution >= 4 is 32.3 Å². The van der Waals surface area contributed by atoms with Crippen molar-refractivity contribution in [3.8, 4) is 11.1 Å². The van der Waals surface area contributed by atoms with Gasteiger partial charge in [-0.1, -0.05) is 75.4 Å². The summed E-state index contributed by atoms with van der Waals surface area (Å²) in [5, 5.41) is 2.44. The summed E-state index contributed by atoms with van der Waals surface area (Å²) in [6, 6.07) is 19.3. The molecule has 2 aromatic heterocycles. The number of rotatable bonds is 1. The predicted octanol–water partition coefficient (Wildman–Crippen LogP) is 6.52. The van der Waals surface area contributed by atoms with Gasteiger partial charge in [-0.05, 0) is 33.8 Å². The van der Waals surface area contributed by atoms with E-state index in [-0.39, 0.29) is 5.41 Å². The SMILES string of the molecule is Cc1c(Br)nc2c3ccccc3c(-c3ccccc3)c(C(C)(C)C)n12. The number of fused-ring (bicyclic) bond motifs is 3. The van der Waals surface area contributed by atoms with E-state index in [0.29, 0.717) is 0 Å². The quantitative estimate of drug-likeness (QED) is 0.360. The van der Waals surface area contributed by atoms with Crippen LogP contribution in [-0.4, -0.2) is 9.38 Å². The molecule has 3 heteroatoms. The largest absolute Gasteiger partial charge is 0.298 e. The number of halogens is 1. The Morgan fingerprint density at radius 2 is 1.48 bits per heavy atom. The highest BCUT2D eigenvalue weighted by Crippen LogP contribution is 2.41. The molecule has 0 atom stereocenters. The Bertz CT molecular complexity index is 1090. The van der Waals surface area contributed by atoms with Crippen molar-refractivity contribution in [2.75, 3.05) is 0 Å². The molecule has 0 saturated carbocycles. The molecule has 4 rings (SSSR count). The van der Waals surface area contributed by atoms with Crippen LogP contribution in [0.15, 0.2) is 59.2 Å². The fraction of sp³-hybridized carbons (Fsp3) is 0.227. The molecule has 0 spiro atoms. The first-order valence-electron chi connectivity index (χ1n) is 8.55. The van der Waals surface area contributed by atoms with Crippen LogP contribution < -0.4 is 0 Å². The van der Waals surface area contributed by atoms with Crippen molar-refractivity contribution in [1.29, 1.82) is 0 Å². The van der Waals surface area contributed by atoms with Gasteiger partial charge >= 0.3 is 0 Å². The molecule has 0 aliphatic heterocycles. The van der Waals surface area contributed by atoms with Gasteiger partial charge in [-0.25, -0.2) is 4.98 Å². The smallest absolute Gasteiger partial charge is 0.146 e. The van der Waals surface area contributed by atoms with E-state index in [4.69, 9.17) is 4.98 Å². The maximum absolute atomic E-state index is 4.83. The molecule has 0 aliphatic carbocycles. The van der Waals surface area contributed by atoms with Crippen LogP contribution in [0.1, 0.15) is 32.2 Å². The second kappa shape index (κ2) is 5.70. The highest BCUT2D eigenvalue weighted by Gasteiger charge is 2.27. The molecule has 2 nitrogen and oxygen atoms in total. The van der Waals surface area contributed by atoms with E-state index in [9.17, 15) is 0 Å². The zero-order valence-corrected chi connectivity index (χ0v) is 16.6. The normalized spacial score (nSPS) is 12.2. The summed E-state index contributed by atoms with van der Waals surface area (Å²) in [5.41, 5.74) is 5.97. The standard InChI is InChI=1S/C22H21BrN2/c1-14-20(23)24-21-17-13-9-8-12-16(17)18(15-10-6-5-7-11-15)19(25(14)21)22(2,3)4/h5-13H,1-4H3. The maximum Gasteiger partial charge on any atom is 0.146 e. The third-order valence-electron chi connectivity index (χ3n) is 4.72. The number of benzene rings is 2. The van der Waals surface area contributed by atoms with Gasteiger partial charge in [-0.15, -0.1) is 0 Å². The van der Waals surface area contributed by atoms with Gasteiger partial charge in [0, 0.05) is 22.1 Å². The van der Waals surface area contributed by atoms with Crippen LogP contribution in [0.4, 0.5) is 0 Å². The van der Waals surface area contributed by atoms with Gasteiger partial charge in [0.05, 0.1) is 5.69 Å². The Kier molecular flexibility index (Phi) is 3.73. The van der Waals surface area contributed by atoms with Crippen molar-refractivity contribution in [2.45, 2.75) is 33.1 Å². The summed E-state index contributed by atoms with van der Waals surface area (Å²) >= 11 is 3.64. The van der Waals surface area contributed by atoms with Crippen LogP contribution in [0.5, 0.6) is 0 Å².